The Bertz CT molecular complexity index is 371. The monoisotopic (exact) mass is 246 g/mol. The Balaban J connectivity index is 1.84. The van der Waals surface area contributed by atoms with Crippen LogP contribution in [0.5, 0.6) is 0 Å². The van der Waals surface area contributed by atoms with E-state index in [1.54, 1.807) is 0 Å². The first-order valence-electron chi connectivity index (χ1n) is 7.12. The molecule has 1 aliphatic heterocycles. The molecule has 18 heavy (non-hydrogen) atoms. The minimum absolute atomic E-state index is 0.175. The Labute approximate surface area is 111 Å². The Morgan fingerprint density at radius 2 is 1.94 bits per heavy atom. The summed E-state index contributed by atoms with van der Waals surface area (Å²) in [5, 5.41) is 0. The molecule has 2 rings (SSSR count). The van der Waals surface area contributed by atoms with Crippen LogP contribution < -0.4 is 5.73 Å². The maximum absolute atomic E-state index is 6.28. The van der Waals surface area contributed by atoms with Gasteiger partial charge in [0.25, 0.3) is 0 Å². The number of rotatable bonds is 4. The summed E-state index contributed by atoms with van der Waals surface area (Å²) in [5.41, 5.74) is 8.84. The number of hydrogen-bond donors (Lipinski definition) is 1. The zero-order chi connectivity index (χ0) is 13.1. The van der Waals surface area contributed by atoms with Crippen LogP contribution in [0.15, 0.2) is 24.3 Å². The van der Waals surface area contributed by atoms with Crippen molar-refractivity contribution in [1.82, 2.24) is 4.90 Å². The highest BCUT2D eigenvalue weighted by Gasteiger charge is 2.25. The van der Waals surface area contributed by atoms with Crippen LogP contribution in [-0.2, 0) is 0 Å². The molecule has 0 aromatic heterocycles. The lowest BCUT2D eigenvalue weighted by atomic mass is 10.0. The summed E-state index contributed by atoms with van der Waals surface area (Å²) in [5.74, 6) is 0.843. The van der Waals surface area contributed by atoms with E-state index in [9.17, 15) is 0 Å². The van der Waals surface area contributed by atoms with Crippen molar-refractivity contribution < 1.29 is 0 Å². The van der Waals surface area contributed by atoms with Gasteiger partial charge in [-0.25, -0.2) is 0 Å². The lowest BCUT2D eigenvalue weighted by Gasteiger charge is -2.23. The Kier molecular flexibility index (Phi) is 4.41. The van der Waals surface area contributed by atoms with Gasteiger partial charge in [-0.15, -0.1) is 0 Å². The van der Waals surface area contributed by atoms with Crippen molar-refractivity contribution in [2.24, 2.45) is 11.7 Å². The maximum atomic E-state index is 6.28. The first-order valence-corrected chi connectivity index (χ1v) is 7.12. The number of benzene rings is 1. The van der Waals surface area contributed by atoms with Gasteiger partial charge in [0.2, 0.25) is 0 Å². The number of hydrogen-bond acceptors (Lipinski definition) is 2. The number of nitrogens with two attached hydrogens (primary N) is 1. The highest BCUT2D eigenvalue weighted by Crippen LogP contribution is 2.24. The van der Waals surface area contributed by atoms with E-state index < -0.39 is 0 Å². The fourth-order valence-electron chi connectivity index (χ4n) is 2.98. The highest BCUT2D eigenvalue weighted by molar-refractivity contribution is 5.23. The van der Waals surface area contributed by atoms with Crippen molar-refractivity contribution in [2.75, 3.05) is 13.1 Å². The standard InChI is InChI=1S/C16H26N2/c1-12-4-6-15(7-5-12)16(17)8-9-18-11-13(2)10-14(18)3/h4-7,13-14,16H,8-11,17H2,1-3H3. The van der Waals surface area contributed by atoms with Crippen LogP contribution in [0.25, 0.3) is 0 Å². The molecule has 2 nitrogen and oxygen atoms in total. The second kappa shape index (κ2) is 5.85. The Morgan fingerprint density at radius 3 is 2.50 bits per heavy atom. The molecule has 2 N–H and O–H groups in total. The van der Waals surface area contributed by atoms with Crippen molar-refractivity contribution in [3.8, 4) is 0 Å². The summed E-state index contributed by atoms with van der Waals surface area (Å²) >= 11 is 0. The molecule has 100 valence electrons. The molecule has 1 aliphatic rings. The molecule has 1 saturated heterocycles. The summed E-state index contributed by atoms with van der Waals surface area (Å²) in [7, 11) is 0. The quantitative estimate of drug-likeness (QED) is 0.884. The second-order valence-corrected chi connectivity index (χ2v) is 5.99. The van der Waals surface area contributed by atoms with Gasteiger partial charge >= 0.3 is 0 Å². The summed E-state index contributed by atoms with van der Waals surface area (Å²) < 4.78 is 0. The molecule has 0 aliphatic carbocycles. The molecule has 1 heterocycles. The summed E-state index contributed by atoms with van der Waals surface area (Å²) in [6.07, 6.45) is 2.39. The van der Waals surface area contributed by atoms with Crippen LogP contribution in [0.1, 0.15) is 43.9 Å². The number of nitrogens with zero attached hydrogens (tertiary/aromatic N) is 1. The minimum Gasteiger partial charge on any atom is -0.324 e. The van der Waals surface area contributed by atoms with Crippen LogP contribution in [0.3, 0.4) is 0 Å². The van der Waals surface area contributed by atoms with Gasteiger partial charge in [0.05, 0.1) is 0 Å². The largest absolute Gasteiger partial charge is 0.324 e. The predicted octanol–water partition coefficient (Wildman–Crippen LogP) is 3.12. The van der Waals surface area contributed by atoms with Crippen molar-refractivity contribution in [2.45, 2.75) is 45.7 Å². The third-order valence-corrected chi connectivity index (χ3v) is 4.15. The van der Waals surface area contributed by atoms with Gasteiger partial charge in [-0.3, -0.25) is 0 Å². The van der Waals surface area contributed by atoms with E-state index in [1.165, 1.54) is 24.1 Å². The smallest absolute Gasteiger partial charge is 0.0307 e. The summed E-state index contributed by atoms with van der Waals surface area (Å²) in [4.78, 5) is 2.58. The molecular formula is C16H26N2. The average Bonchev–Trinajstić information content (AvgIpc) is 2.66. The van der Waals surface area contributed by atoms with Crippen LogP contribution in [0, 0.1) is 12.8 Å². The molecule has 1 aromatic carbocycles. The third kappa shape index (κ3) is 3.33. The van der Waals surface area contributed by atoms with E-state index in [-0.39, 0.29) is 6.04 Å². The Morgan fingerprint density at radius 1 is 1.28 bits per heavy atom. The van der Waals surface area contributed by atoms with Gasteiger partial charge in [0.1, 0.15) is 0 Å². The van der Waals surface area contributed by atoms with Gasteiger partial charge in [-0.1, -0.05) is 36.8 Å². The summed E-state index contributed by atoms with van der Waals surface area (Å²) in [6, 6.07) is 9.52. The van der Waals surface area contributed by atoms with Crippen molar-refractivity contribution >= 4 is 0 Å². The zero-order valence-electron chi connectivity index (χ0n) is 11.9. The second-order valence-electron chi connectivity index (χ2n) is 5.99. The topological polar surface area (TPSA) is 29.3 Å². The third-order valence-electron chi connectivity index (χ3n) is 4.15. The molecule has 0 saturated carbocycles. The lowest BCUT2D eigenvalue weighted by molar-refractivity contribution is 0.255. The first kappa shape index (κ1) is 13.6. The molecule has 0 radical (unpaired) electrons. The Hall–Kier alpha value is -0.860. The fraction of sp³-hybridized carbons (Fsp3) is 0.625. The fourth-order valence-corrected chi connectivity index (χ4v) is 2.98. The minimum atomic E-state index is 0.175. The average molecular weight is 246 g/mol. The van der Waals surface area contributed by atoms with Gasteiger partial charge in [0, 0.05) is 25.2 Å². The van der Waals surface area contributed by atoms with E-state index in [0.717, 1.165) is 24.9 Å². The van der Waals surface area contributed by atoms with Crippen molar-refractivity contribution in [3.63, 3.8) is 0 Å². The zero-order valence-corrected chi connectivity index (χ0v) is 11.9. The molecule has 1 fully saturated rings. The number of likely N-dealkylation sites (tertiary alicyclic amines) is 1. The van der Waals surface area contributed by atoms with E-state index in [4.69, 9.17) is 5.73 Å². The lowest BCUT2D eigenvalue weighted by Crippen LogP contribution is -2.30. The molecule has 0 spiro atoms. The van der Waals surface area contributed by atoms with E-state index in [1.807, 2.05) is 0 Å². The molecule has 3 atom stereocenters. The molecule has 1 aromatic rings. The molecule has 0 amide bonds. The first-order chi connectivity index (χ1) is 8.56. The van der Waals surface area contributed by atoms with Crippen molar-refractivity contribution in [1.29, 1.82) is 0 Å². The van der Waals surface area contributed by atoms with E-state index in [2.05, 4.69) is 49.9 Å². The number of aryl methyl sites for hydroxylation is 1. The van der Waals surface area contributed by atoms with Crippen LogP contribution in [0.2, 0.25) is 0 Å². The molecule has 3 unspecified atom stereocenters. The molecule has 2 heteroatoms. The normalized spacial score (nSPS) is 26.4. The van der Waals surface area contributed by atoms with Gasteiger partial charge in [0.15, 0.2) is 0 Å². The van der Waals surface area contributed by atoms with E-state index in [0.29, 0.717) is 0 Å². The molecular weight excluding hydrogens is 220 g/mol. The van der Waals surface area contributed by atoms with Crippen LogP contribution in [0.4, 0.5) is 0 Å². The van der Waals surface area contributed by atoms with Gasteiger partial charge in [-0.2, -0.15) is 0 Å². The highest BCUT2D eigenvalue weighted by atomic mass is 15.2. The maximum Gasteiger partial charge on any atom is 0.0307 e. The van der Waals surface area contributed by atoms with Crippen LogP contribution in [-0.4, -0.2) is 24.0 Å². The summed E-state index contributed by atoms with van der Waals surface area (Å²) in [6.45, 7) is 9.15. The predicted molar refractivity (Wildman–Crippen MR) is 77.5 cm³/mol. The van der Waals surface area contributed by atoms with Crippen LogP contribution >= 0.6 is 0 Å². The van der Waals surface area contributed by atoms with Crippen molar-refractivity contribution in [3.05, 3.63) is 35.4 Å². The van der Waals surface area contributed by atoms with E-state index >= 15 is 0 Å². The van der Waals surface area contributed by atoms with Gasteiger partial charge in [-0.05, 0) is 38.2 Å². The molecule has 0 bridgehead atoms. The SMILES string of the molecule is Cc1ccc(C(N)CCN2CC(C)CC2C)cc1. The van der Waals surface area contributed by atoms with Gasteiger partial charge < -0.3 is 10.6 Å².